The predicted octanol–water partition coefficient (Wildman–Crippen LogP) is 0.501. The Labute approximate surface area is 164 Å². The average molecular weight is 389 g/mol. The number of Topliss-reactive ketones (excluding diaryl/α,β-unsaturated/α-hetero) is 1. The van der Waals surface area contributed by atoms with Crippen LogP contribution >= 0.6 is 0 Å². The summed E-state index contributed by atoms with van der Waals surface area (Å²) in [4.78, 5) is 50.6. The Morgan fingerprint density at radius 3 is 2.39 bits per heavy atom. The maximum atomic E-state index is 13.1. The molecule has 3 N–H and O–H groups in total. The summed E-state index contributed by atoms with van der Waals surface area (Å²) in [5.41, 5.74) is 5.45. The lowest BCUT2D eigenvalue weighted by molar-refractivity contribution is -0.141. The van der Waals surface area contributed by atoms with E-state index in [-0.39, 0.29) is 12.0 Å². The minimum atomic E-state index is -1.19. The number of hydrogen-bond acceptors (Lipinski definition) is 5. The summed E-state index contributed by atoms with van der Waals surface area (Å²) in [5, 5.41) is 2.75. The fraction of sp³-hybridized carbons (Fsp3) is 0.500. The number of carbonyl (C=O) groups excluding carboxylic acids is 4. The molecule has 0 saturated carbocycles. The molecule has 28 heavy (non-hydrogen) atoms. The number of rotatable bonds is 6. The van der Waals surface area contributed by atoms with E-state index in [0.29, 0.717) is 12.0 Å². The van der Waals surface area contributed by atoms with Gasteiger partial charge in [0.05, 0.1) is 0 Å². The molecule has 1 aliphatic heterocycles. The normalized spacial score (nSPS) is 20.5. The third-order valence-corrected chi connectivity index (χ3v) is 4.52. The molecule has 8 heteroatoms. The SMILES string of the molecule is CN(C(=O)[C@H](CC(C)(C)C)NC(=O)c1ccccc1)C1C(=O)COC1C(N)=O. The van der Waals surface area contributed by atoms with Crippen molar-refractivity contribution in [1.82, 2.24) is 10.2 Å². The van der Waals surface area contributed by atoms with E-state index in [1.165, 1.54) is 7.05 Å². The number of nitrogens with zero attached hydrogens (tertiary/aromatic N) is 1. The van der Waals surface area contributed by atoms with Crippen molar-refractivity contribution in [3.05, 3.63) is 35.9 Å². The summed E-state index contributed by atoms with van der Waals surface area (Å²) < 4.78 is 5.14. The molecule has 3 amide bonds. The molecule has 0 radical (unpaired) electrons. The maximum absolute atomic E-state index is 13.1. The summed E-state index contributed by atoms with van der Waals surface area (Å²) in [6.45, 7) is 5.55. The molecule has 3 atom stereocenters. The average Bonchev–Trinajstić information content (AvgIpc) is 3.01. The van der Waals surface area contributed by atoms with Gasteiger partial charge in [-0.3, -0.25) is 19.2 Å². The Morgan fingerprint density at radius 2 is 1.86 bits per heavy atom. The molecule has 8 nitrogen and oxygen atoms in total. The van der Waals surface area contributed by atoms with Gasteiger partial charge in [-0.25, -0.2) is 0 Å². The van der Waals surface area contributed by atoms with Crippen LogP contribution in [0.5, 0.6) is 0 Å². The summed E-state index contributed by atoms with van der Waals surface area (Å²) in [6.07, 6.45) is -0.848. The van der Waals surface area contributed by atoms with Crippen LogP contribution in [0, 0.1) is 5.41 Å². The van der Waals surface area contributed by atoms with Crippen molar-refractivity contribution in [2.24, 2.45) is 11.1 Å². The van der Waals surface area contributed by atoms with E-state index < -0.39 is 41.7 Å². The van der Waals surface area contributed by atoms with E-state index in [1.807, 2.05) is 20.8 Å². The molecule has 1 heterocycles. The van der Waals surface area contributed by atoms with Crippen LogP contribution in [0.15, 0.2) is 30.3 Å². The van der Waals surface area contributed by atoms with Crippen molar-refractivity contribution in [3.8, 4) is 0 Å². The van der Waals surface area contributed by atoms with Crippen LogP contribution < -0.4 is 11.1 Å². The van der Waals surface area contributed by atoms with Crippen LogP contribution in [0.3, 0.4) is 0 Å². The Bertz CT molecular complexity index is 757. The van der Waals surface area contributed by atoms with Crippen LogP contribution in [-0.4, -0.2) is 60.2 Å². The molecular weight excluding hydrogens is 362 g/mol. The zero-order chi connectivity index (χ0) is 21.1. The number of ketones is 1. The van der Waals surface area contributed by atoms with Crippen molar-refractivity contribution in [3.63, 3.8) is 0 Å². The number of likely N-dealkylation sites (N-methyl/N-ethyl adjacent to an activating group) is 1. The standard InChI is InChI=1S/C20H27N3O5/c1-20(2,3)10-13(22-18(26)12-8-6-5-7-9-12)19(27)23(4)15-14(24)11-28-16(15)17(21)25/h5-9,13,15-16H,10-11H2,1-4H3,(H2,21,25)(H,22,26)/t13-,15?,16?/m0/s1. The fourth-order valence-electron chi connectivity index (χ4n) is 3.20. The van der Waals surface area contributed by atoms with Gasteiger partial charge in [0.2, 0.25) is 11.8 Å². The maximum Gasteiger partial charge on any atom is 0.251 e. The summed E-state index contributed by atoms with van der Waals surface area (Å²) in [6, 6.07) is 6.57. The zero-order valence-electron chi connectivity index (χ0n) is 16.6. The smallest absolute Gasteiger partial charge is 0.251 e. The van der Waals surface area contributed by atoms with E-state index in [0.717, 1.165) is 4.90 Å². The van der Waals surface area contributed by atoms with E-state index in [9.17, 15) is 19.2 Å². The molecular formula is C20H27N3O5. The quantitative estimate of drug-likeness (QED) is 0.734. The largest absolute Gasteiger partial charge is 0.367 e. The lowest BCUT2D eigenvalue weighted by Gasteiger charge is -2.32. The van der Waals surface area contributed by atoms with Crippen LogP contribution in [-0.2, 0) is 19.1 Å². The van der Waals surface area contributed by atoms with Crippen molar-refractivity contribution in [2.45, 2.75) is 45.4 Å². The van der Waals surface area contributed by atoms with Gasteiger partial charge in [0.25, 0.3) is 5.91 Å². The summed E-state index contributed by atoms with van der Waals surface area (Å²) in [7, 11) is 1.42. The van der Waals surface area contributed by atoms with Gasteiger partial charge in [-0.05, 0) is 24.0 Å². The van der Waals surface area contributed by atoms with Crippen molar-refractivity contribution >= 4 is 23.5 Å². The molecule has 0 aromatic heterocycles. The lowest BCUT2D eigenvalue weighted by atomic mass is 9.87. The molecule has 1 saturated heterocycles. The molecule has 152 valence electrons. The van der Waals surface area contributed by atoms with Gasteiger partial charge < -0.3 is 20.7 Å². The highest BCUT2D eigenvalue weighted by atomic mass is 16.5. The summed E-state index contributed by atoms with van der Waals surface area (Å²) >= 11 is 0. The minimum Gasteiger partial charge on any atom is -0.367 e. The molecule has 0 aliphatic carbocycles. The van der Waals surface area contributed by atoms with Crippen molar-refractivity contribution in [1.29, 1.82) is 0 Å². The Hall–Kier alpha value is -2.74. The molecule has 1 aromatic rings. The highest BCUT2D eigenvalue weighted by Crippen LogP contribution is 2.24. The molecule has 2 rings (SSSR count). The van der Waals surface area contributed by atoms with Gasteiger partial charge in [-0.15, -0.1) is 0 Å². The molecule has 0 spiro atoms. The zero-order valence-corrected chi connectivity index (χ0v) is 16.6. The van der Waals surface area contributed by atoms with Crippen molar-refractivity contribution < 1.29 is 23.9 Å². The molecule has 1 aromatic carbocycles. The lowest BCUT2D eigenvalue weighted by Crippen LogP contribution is -2.56. The van der Waals surface area contributed by atoms with Gasteiger partial charge in [0.15, 0.2) is 11.9 Å². The second kappa shape index (κ2) is 8.52. The number of carbonyl (C=O) groups is 4. The third kappa shape index (κ3) is 5.16. The first kappa shape index (κ1) is 21.6. The predicted molar refractivity (Wildman–Crippen MR) is 102 cm³/mol. The number of amides is 3. The van der Waals surface area contributed by atoms with Gasteiger partial charge in [-0.1, -0.05) is 39.0 Å². The van der Waals surface area contributed by atoms with E-state index >= 15 is 0 Å². The van der Waals surface area contributed by atoms with Gasteiger partial charge in [-0.2, -0.15) is 0 Å². The Morgan fingerprint density at radius 1 is 1.25 bits per heavy atom. The van der Waals surface area contributed by atoms with Gasteiger partial charge >= 0.3 is 0 Å². The van der Waals surface area contributed by atoms with E-state index in [2.05, 4.69) is 5.32 Å². The second-order valence-electron chi connectivity index (χ2n) is 8.15. The topological polar surface area (TPSA) is 119 Å². The fourth-order valence-corrected chi connectivity index (χ4v) is 3.20. The number of primary amides is 1. The first-order valence-corrected chi connectivity index (χ1v) is 9.07. The minimum absolute atomic E-state index is 0.273. The number of hydrogen-bond donors (Lipinski definition) is 2. The number of nitrogens with two attached hydrogens (primary N) is 1. The highest BCUT2D eigenvalue weighted by Gasteiger charge is 2.45. The Kier molecular flexibility index (Phi) is 6.56. The van der Waals surface area contributed by atoms with Crippen LogP contribution in [0.25, 0.3) is 0 Å². The van der Waals surface area contributed by atoms with Gasteiger partial charge in [0, 0.05) is 12.6 Å². The van der Waals surface area contributed by atoms with E-state index in [4.69, 9.17) is 10.5 Å². The first-order valence-electron chi connectivity index (χ1n) is 9.07. The number of benzene rings is 1. The van der Waals surface area contributed by atoms with Crippen LogP contribution in [0.1, 0.15) is 37.6 Å². The Balaban J connectivity index is 2.24. The third-order valence-electron chi connectivity index (χ3n) is 4.52. The highest BCUT2D eigenvalue weighted by molar-refractivity contribution is 6.01. The summed E-state index contributed by atoms with van der Waals surface area (Å²) in [5.74, 6) is -2.08. The van der Waals surface area contributed by atoms with Crippen molar-refractivity contribution in [2.75, 3.05) is 13.7 Å². The van der Waals surface area contributed by atoms with E-state index in [1.54, 1.807) is 30.3 Å². The first-order chi connectivity index (χ1) is 13.0. The van der Waals surface area contributed by atoms with Crippen LogP contribution in [0.4, 0.5) is 0 Å². The number of ether oxygens (including phenoxy) is 1. The van der Waals surface area contributed by atoms with Crippen LogP contribution in [0.2, 0.25) is 0 Å². The number of nitrogens with one attached hydrogen (secondary N) is 1. The molecule has 1 fully saturated rings. The molecule has 0 bridgehead atoms. The molecule has 2 unspecified atom stereocenters. The monoisotopic (exact) mass is 389 g/mol. The second-order valence-corrected chi connectivity index (χ2v) is 8.15. The molecule has 1 aliphatic rings. The van der Waals surface area contributed by atoms with Gasteiger partial charge in [0.1, 0.15) is 18.7 Å².